The highest BCUT2D eigenvalue weighted by atomic mass is 32.2. The fourth-order valence-corrected chi connectivity index (χ4v) is 1.55. The second-order valence-corrected chi connectivity index (χ2v) is 3.76. The zero-order chi connectivity index (χ0) is 11.3. The summed E-state index contributed by atoms with van der Waals surface area (Å²) in [5.41, 5.74) is -0.976. The zero-order valence-electron chi connectivity index (χ0n) is 8.03. The molecule has 0 atom stereocenters. The minimum atomic E-state index is -0.538. The van der Waals surface area contributed by atoms with Crippen molar-refractivity contribution in [1.29, 1.82) is 0 Å². The largest absolute Gasteiger partial charge is 0.465 e. The van der Waals surface area contributed by atoms with Gasteiger partial charge in [-0.25, -0.2) is 4.79 Å². The summed E-state index contributed by atoms with van der Waals surface area (Å²) in [6, 6.07) is 0. The van der Waals surface area contributed by atoms with E-state index in [4.69, 9.17) is 0 Å². The smallest absolute Gasteiger partial charge is 0.325 e. The average Bonchev–Trinajstić information content (AvgIpc) is 2.14. The molecule has 1 heterocycles. The van der Waals surface area contributed by atoms with E-state index in [0.717, 1.165) is 0 Å². The molecular weight excluding hydrogens is 220 g/mol. The van der Waals surface area contributed by atoms with Crippen molar-refractivity contribution in [3.05, 3.63) is 27.0 Å². The van der Waals surface area contributed by atoms with Gasteiger partial charge in [0.1, 0.15) is 6.61 Å². The van der Waals surface area contributed by atoms with Gasteiger partial charge in [0, 0.05) is 18.9 Å². The van der Waals surface area contributed by atoms with Gasteiger partial charge in [0.2, 0.25) is 0 Å². The van der Waals surface area contributed by atoms with Gasteiger partial charge in [-0.2, -0.15) is 0 Å². The number of H-pyrrole nitrogens is 2. The third kappa shape index (κ3) is 4.03. The maximum atomic E-state index is 11.2. The fraction of sp³-hybridized carbons (Fsp3) is 0.375. The van der Waals surface area contributed by atoms with Crippen LogP contribution in [0, 0.1) is 0 Å². The summed E-state index contributed by atoms with van der Waals surface area (Å²) in [6.45, 7) is 1.55. The molecule has 1 rings (SSSR count). The lowest BCUT2D eigenvalue weighted by molar-refractivity contribution is -0.140. The number of hydrogen-bond acceptors (Lipinski definition) is 5. The van der Waals surface area contributed by atoms with E-state index in [1.54, 1.807) is 0 Å². The number of nitrogens with one attached hydrogen (secondary N) is 2. The number of hydrogen-bond donors (Lipinski definition) is 2. The summed E-state index contributed by atoms with van der Waals surface area (Å²) in [7, 11) is 0. The molecule has 0 radical (unpaired) electrons. The van der Waals surface area contributed by atoms with Crippen molar-refractivity contribution in [2.45, 2.75) is 11.8 Å². The van der Waals surface area contributed by atoms with E-state index < -0.39 is 11.2 Å². The van der Waals surface area contributed by atoms with Crippen molar-refractivity contribution >= 4 is 17.7 Å². The summed E-state index contributed by atoms with van der Waals surface area (Å²) in [5, 5.41) is 0. The van der Waals surface area contributed by atoms with E-state index in [0.29, 0.717) is 10.6 Å². The van der Waals surface area contributed by atoms with Crippen LogP contribution in [0.1, 0.15) is 6.92 Å². The molecule has 0 spiro atoms. The summed E-state index contributed by atoms with van der Waals surface area (Å²) in [4.78, 5) is 37.1. The van der Waals surface area contributed by atoms with Crippen LogP contribution in [0.5, 0.6) is 0 Å². The Kier molecular flexibility index (Phi) is 4.17. The summed E-state index contributed by atoms with van der Waals surface area (Å²) in [5.74, 6) is 0.111. The number of thioether (sulfide) groups is 1. The van der Waals surface area contributed by atoms with Gasteiger partial charge in [-0.3, -0.25) is 14.6 Å². The highest BCUT2D eigenvalue weighted by Gasteiger charge is 2.01. The predicted molar refractivity (Wildman–Crippen MR) is 55.0 cm³/mol. The molecule has 0 amide bonds. The molecule has 2 N–H and O–H groups in total. The zero-order valence-corrected chi connectivity index (χ0v) is 8.85. The molecule has 6 nitrogen and oxygen atoms in total. The predicted octanol–water partition coefficient (Wildman–Crippen LogP) is -0.282. The average molecular weight is 230 g/mol. The number of esters is 1. The standard InChI is InChI=1S/C8H10N2O4S/c1-5(11)14-2-3-15-6-4-9-8(13)10-7(6)12/h4H,2-3H2,1H3,(H2,9,10,12,13). The van der Waals surface area contributed by atoms with Gasteiger partial charge >= 0.3 is 11.7 Å². The van der Waals surface area contributed by atoms with Crippen LogP contribution in [-0.4, -0.2) is 28.3 Å². The SMILES string of the molecule is CC(=O)OCCSc1c[nH]c(=O)[nH]c1=O. The van der Waals surface area contributed by atoms with Crippen molar-refractivity contribution in [3.8, 4) is 0 Å². The van der Waals surface area contributed by atoms with E-state index in [1.165, 1.54) is 24.9 Å². The van der Waals surface area contributed by atoms with E-state index >= 15 is 0 Å². The molecule has 0 bridgehead atoms. The van der Waals surface area contributed by atoms with Crippen molar-refractivity contribution < 1.29 is 9.53 Å². The van der Waals surface area contributed by atoms with E-state index in [9.17, 15) is 14.4 Å². The van der Waals surface area contributed by atoms with Crippen LogP contribution in [-0.2, 0) is 9.53 Å². The van der Waals surface area contributed by atoms with Gasteiger partial charge in [-0.1, -0.05) is 0 Å². The Morgan fingerprint density at radius 3 is 2.87 bits per heavy atom. The molecule has 15 heavy (non-hydrogen) atoms. The minimum Gasteiger partial charge on any atom is -0.465 e. The Morgan fingerprint density at radius 2 is 2.27 bits per heavy atom. The number of carbonyl (C=O) groups is 1. The molecule has 1 aromatic heterocycles. The molecule has 0 unspecified atom stereocenters. The normalized spacial score (nSPS) is 9.93. The van der Waals surface area contributed by atoms with Gasteiger partial charge in [-0.05, 0) is 0 Å². The second-order valence-electron chi connectivity index (χ2n) is 2.62. The molecule has 0 saturated carbocycles. The third-order valence-corrected chi connectivity index (χ3v) is 2.42. The van der Waals surface area contributed by atoms with Crippen LogP contribution in [0.25, 0.3) is 0 Å². The second kappa shape index (κ2) is 5.40. The summed E-state index contributed by atoms with van der Waals surface area (Å²) < 4.78 is 4.68. The molecule has 0 aliphatic rings. The third-order valence-electron chi connectivity index (χ3n) is 1.43. The first-order chi connectivity index (χ1) is 7.09. The Hall–Kier alpha value is -1.50. The lowest BCUT2D eigenvalue weighted by atomic mass is 10.7. The Bertz CT molecular complexity index is 450. The van der Waals surface area contributed by atoms with Crippen LogP contribution in [0.3, 0.4) is 0 Å². The van der Waals surface area contributed by atoms with Gasteiger partial charge in [0.25, 0.3) is 5.56 Å². The topological polar surface area (TPSA) is 92.0 Å². The first-order valence-corrected chi connectivity index (χ1v) is 5.16. The molecule has 1 aromatic rings. The lowest BCUT2D eigenvalue weighted by Gasteiger charge is -2.00. The Morgan fingerprint density at radius 1 is 1.53 bits per heavy atom. The van der Waals surface area contributed by atoms with Crippen molar-refractivity contribution in [2.75, 3.05) is 12.4 Å². The molecule has 0 aliphatic heterocycles. The van der Waals surface area contributed by atoms with Crippen molar-refractivity contribution in [1.82, 2.24) is 9.97 Å². The van der Waals surface area contributed by atoms with E-state index in [2.05, 4.69) is 14.7 Å². The first kappa shape index (κ1) is 11.6. The highest BCUT2D eigenvalue weighted by molar-refractivity contribution is 7.99. The molecule has 7 heteroatoms. The van der Waals surface area contributed by atoms with Crippen LogP contribution < -0.4 is 11.2 Å². The minimum absolute atomic E-state index is 0.235. The maximum Gasteiger partial charge on any atom is 0.325 e. The van der Waals surface area contributed by atoms with Gasteiger partial charge in [0.05, 0.1) is 4.90 Å². The van der Waals surface area contributed by atoms with Crippen LogP contribution >= 0.6 is 11.8 Å². The van der Waals surface area contributed by atoms with Crippen molar-refractivity contribution in [2.24, 2.45) is 0 Å². The Labute approximate surface area is 89.1 Å². The quantitative estimate of drug-likeness (QED) is 0.421. The number of rotatable bonds is 4. The van der Waals surface area contributed by atoms with Gasteiger partial charge in [0.15, 0.2) is 0 Å². The fourth-order valence-electron chi connectivity index (χ4n) is 0.842. The van der Waals surface area contributed by atoms with Crippen molar-refractivity contribution in [3.63, 3.8) is 0 Å². The number of carbonyl (C=O) groups excluding carboxylic acids is 1. The molecule has 0 aromatic carbocycles. The number of aromatic amines is 2. The summed E-state index contributed by atoms with van der Waals surface area (Å²) >= 11 is 1.21. The number of ether oxygens (including phenoxy) is 1. The van der Waals surface area contributed by atoms with E-state index in [1.807, 2.05) is 0 Å². The maximum absolute atomic E-state index is 11.2. The van der Waals surface area contributed by atoms with Gasteiger partial charge in [-0.15, -0.1) is 11.8 Å². The van der Waals surface area contributed by atoms with Crippen LogP contribution in [0.15, 0.2) is 20.7 Å². The molecule has 0 saturated heterocycles. The molecule has 0 fully saturated rings. The molecule has 0 aliphatic carbocycles. The number of aromatic nitrogens is 2. The lowest BCUT2D eigenvalue weighted by Crippen LogP contribution is -2.22. The molecular formula is C8H10N2O4S. The summed E-state index contributed by atoms with van der Waals surface area (Å²) in [6.07, 6.45) is 1.33. The molecule has 82 valence electrons. The highest BCUT2D eigenvalue weighted by Crippen LogP contribution is 2.09. The first-order valence-electron chi connectivity index (χ1n) is 4.18. The Balaban J connectivity index is 2.48. The van der Waals surface area contributed by atoms with Gasteiger partial charge < -0.3 is 9.72 Å². The monoisotopic (exact) mass is 230 g/mol. The van der Waals surface area contributed by atoms with E-state index in [-0.39, 0.29) is 12.6 Å². The van der Waals surface area contributed by atoms with Crippen LogP contribution in [0.2, 0.25) is 0 Å². The van der Waals surface area contributed by atoms with Crippen LogP contribution in [0.4, 0.5) is 0 Å².